The molecule has 1 atom stereocenters. The van der Waals surface area contributed by atoms with Gasteiger partial charge in [0.1, 0.15) is 13.2 Å². The summed E-state index contributed by atoms with van der Waals surface area (Å²) in [6, 6.07) is 0. The molecule has 0 aromatic rings. The van der Waals surface area contributed by atoms with Crippen molar-refractivity contribution in [2.45, 2.75) is 297 Å². The highest BCUT2D eigenvalue weighted by molar-refractivity contribution is 5.71. The SMILES string of the molecule is CC/C=C\C/C=C\C/C=C\C/C=C\C/C=C\CCCCCCCCCC(=O)OC(COC(=O)CCC/C=C\C/C=C\C/C=C\C/C=C\C/C=C\CC)COC(=O)CCCCCCCCCCCC/C=C\C/C=C\C/C=C\CCCCCCC. The van der Waals surface area contributed by atoms with Crippen LogP contribution in [0.4, 0.5) is 0 Å². The van der Waals surface area contributed by atoms with Gasteiger partial charge in [0.25, 0.3) is 0 Å². The Bertz CT molecular complexity index is 1840. The van der Waals surface area contributed by atoms with Crippen molar-refractivity contribution in [2.75, 3.05) is 13.2 Å². The molecule has 468 valence electrons. The summed E-state index contributed by atoms with van der Waals surface area (Å²) in [6.45, 7) is 6.35. The molecule has 0 aliphatic carbocycles. The topological polar surface area (TPSA) is 78.9 Å². The van der Waals surface area contributed by atoms with Gasteiger partial charge in [-0.25, -0.2) is 0 Å². The lowest BCUT2D eigenvalue weighted by Gasteiger charge is -2.18. The monoisotopic (exact) mass is 1140 g/mol. The third-order valence-electron chi connectivity index (χ3n) is 14.0. The first-order valence-corrected chi connectivity index (χ1v) is 34.0. The molecule has 0 heterocycles. The van der Waals surface area contributed by atoms with E-state index in [0.717, 1.165) is 135 Å². The standard InChI is InChI=1S/C77H124O6/c1-4-7-10-13-16-19-22-25-28-31-33-35-37-38-40-41-43-46-49-52-55-58-61-64-67-70-76(79)82-73-74(72-81-75(78)69-66-63-60-57-54-51-48-45-30-27-24-21-18-15-12-9-6-3)83-77(80)71-68-65-62-59-56-53-50-47-44-42-39-36-34-32-29-26-23-20-17-14-11-8-5-2/h8-9,11-12,17-18,20-22,25-27,29-31,33-34,36-38,42,44,48,51,57,60,74H,4-7,10,13-16,19,23-24,28,32,35,39-41,43,45-47,49-50,52-56,58-59,61-73H2,1-3H3/b11-8-,12-9-,20-17-,21-18-,25-22-,29-26-,30-27-,33-31-,36-34-,38-37-,44-42-,51-48-,60-57-. The van der Waals surface area contributed by atoms with Gasteiger partial charge in [0.2, 0.25) is 0 Å². The van der Waals surface area contributed by atoms with Gasteiger partial charge >= 0.3 is 17.9 Å². The Morgan fingerprint density at radius 1 is 0.253 bits per heavy atom. The van der Waals surface area contributed by atoms with Crippen molar-refractivity contribution in [1.29, 1.82) is 0 Å². The van der Waals surface area contributed by atoms with Crippen LogP contribution in [0.1, 0.15) is 290 Å². The number of esters is 3. The second-order valence-corrected chi connectivity index (χ2v) is 22.0. The second-order valence-electron chi connectivity index (χ2n) is 22.0. The lowest BCUT2D eigenvalue weighted by molar-refractivity contribution is -0.167. The number of ether oxygens (including phenoxy) is 3. The normalized spacial score (nSPS) is 13.1. The molecule has 0 aliphatic heterocycles. The van der Waals surface area contributed by atoms with Crippen molar-refractivity contribution in [2.24, 2.45) is 0 Å². The van der Waals surface area contributed by atoms with E-state index in [1.165, 1.54) is 109 Å². The van der Waals surface area contributed by atoms with Crippen LogP contribution in [0.5, 0.6) is 0 Å². The van der Waals surface area contributed by atoms with E-state index in [1.807, 2.05) is 0 Å². The van der Waals surface area contributed by atoms with Crippen molar-refractivity contribution < 1.29 is 28.6 Å². The van der Waals surface area contributed by atoms with E-state index < -0.39 is 6.10 Å². The first-order valence-electron chi connectivity index (χ1n) is 34.0. The van der Waals surface area contributed by atoms with Crippen LogP contribution in [0.2, 0.25) is 0 Å². The van der Waals surface area contributed by atoms with E-state index in [2.05, 4.69) is 179 Å². The molecule has 6 nitrogen and oxygen atoms in total. The van der Waals surface area contributed by atoms with Gasteiger partial charge in [0.15, 0.2) is 6.10 Å². The Hall–Kier alpha value is -4.97. The van der Waals surface area contributed by atoms with Gasteiger partial charge in [0.05, 0.1) is 0 Å². The summed E-state index contributed by atoms with van der Waals surface area (Å²) in [7, 11) is 0. The molecule has 83 heavy (non-hydrogen) atoms. The molecule has 0 saturated carbocycles. The predicted molar refractivity (Wildman–Crippen MR) is 362 cm³/mol. The van der Waals surface area contributed by atoms with Crippen LogP contribution in [0, 0.1) is 0 Å². The van der Waals surface area contributed by atoms with Crippen molar-refractivity contribution >= 4 is 17.9 Å². The van der Waals surface area contributed by atoms with E-state index >= 15 is 0 Å². The molecule has 0 rings (SSSR count). The van der Waals surface area contributed by atoms with Gasteiger partial charge in [-0.1, -0.05) is 288 Å². The molecule has 0 spiro atoms. The Morgan fingerprint density at radius 2 is 0.482 bits per heavy atom. The molecular formula is C77H124O6. The summed E-state index contributed by atoms with van der Waals surface area (Å²) in [4.78, 5) is 38.4. The second kappa shape index (κ2) is 69.5. The number of allylic oxidation sites excluding steroid dienone is 26. The zero-order valence-corrected chi connectivity index (χ0v) is 53.7. The maximum atomic E-state index is 13.0. The highest BCUT2D eigenvalue weighted by Crippen LogP contribution is 2.15. The Morgan fingerprint density at radius 3 is 0.783 bits per heavy atom. The van der Waals surface area contributed by atoms with Crippen LogP contribution in [0.15, 0.2) is 158 Å². The van der Waals surface area contributed by atoms with Crippen LogP contribution < -0.4 is 0 Å². The number of carbonyl (C=O) groups excluding carboxylic acids is 3. The highest BCUT2D eigenvalue weighted by atomic mass is 16.6. The minimum absolute atomic E-state index is 0.109. The fourth-order valence-electron chi connectivity index (χ4n) is 8.98. The van der Waals surface area contributed by atoms with E-state index in [-0.39, 0.29) is 37.5 Å². The average Bonchev–Trinajstić information content (AvgIpc) is 3.49. The summed E-state index contributed by atoms with van der Waals surface area (Å²) in [5, 5.41) is 0. The van der Waals surface area contributed by atoms with Crippen LogP contribution in [-0.2, 0) is 28.6 Å². The third-order valence-corrected chi connectivity index (χ3v) is 14.0. The molecular weight excluding hydrogens is 1020 g/mol. The molecule has 0 aromatic carbocycles. The number of rotatable bonds is 60. The summed E-state index contributed by atoms with van der Waals surface area (Å²) in [5.74, 6) is -0.983. The fourth-order valence-corrected chi connectivity index (χ4v) is 8.98. The maximum absolute atomic E-state index is 13.0. The minimum Gasteiger partial charge on any atom is -0.462 e. The third kappa shape index (κ3) is 67.7. The van der Waals surface area contributed by atoms with Gasteiger partial charge in [-0.15, -0.1) is 0 Å². The van der Waals surface area contributed by atoms with Crippen LogP contribution in [-0.4, -0.2) is 37.2 Å². The summed E-state index contributed by atoms with van der Waals surface area (Å²) >= 11 is 0. The predicted octanol–water partition coefficient (Wildman–Crippen LogP) is 23.7. The van der Waals surface area contributed by atoms with Crippen LogP contribution >= 0.6 is 0 Å². The number of carbonyl (C=O) groups is 3. The Kier molecular flexibility index (Phi) is 65.4. The van der Waals surface area contributed by atoms with Crippen LogP contribution in [0.25, 0.3) is 0 Å². The minimum atomic E-state index is -0.819. The summed E-state index contributed by atoms with van der Waals surface area (Å²) in [5.41, 5.74) is 0. The number of unbranched alkanes of at least 4 members (excludes halogenated alkanes) is 23. The molecule has 0 radical (unpaired) electrons. The van der Waals surface area contributed by atoms with Crippen molar-refractivity contribution in [3.05, 3.63) is 158 Å². The van der Waals surface area contributed by atoms with E-state index in [1.54, 1.807) is 0 Å². The van der Waals surface area contributed by atoms with Gasteiger partial charge in [-0.05, 0) is 141 Å². The first kappa shape index (κ1) is 78.0. The average molecular weight is 1150 g/mol. The van der Waals surface area contributed by atoms with Gasteiger partial charge < -0.3 is 14.2 Å². The van der Waals surface area contributed by atoms with Gasteiger partial charge in [-0.3, -0.25) is 14.4 Å². The van der Waals surface area contributed by atoms with E-state index in [0.29, 0.717) is 19.3 Å². The largest absolute Gasteiger partial charge is 0.462 e. The smallest absolute Gasteiger partial charge is 0.306 e. The maximum Gasteiger partial charge on any atom is 0.306 e. The molecule has 1 unspecified atom stereocenters. The van der Waals surface area contributed by atoms with E-state index in [9.17, 15) is 14.4 Å². The van der Waals surface area contributed by atoms with Crippen molar-refractivity contribution in [3.8, 4) is 0 Å². The zero-order chi connectivity index (χ0) is 59.9. The first-order chi connectivity index (χ1) is 41.0. The Labute approximate surface area is 511 Å². The molecule has 6 heteroatoms. The summed E-state index contributed by atoms with van der Waals surface area (Å²) < 4.78 is 16.9. The molecule has 0 N–H and O–H groups in total. The molecule has 0 amide bonds. The number of hydrogen-bond donors (Lipinski definition) is 0. The zero-order valence-electron chi connectivity index (χ0n) is 53.7. The quantitative estimate of drug-likeness (QED) is 0.0261. The van der Waals surface area contributed by atoms with Gasteiger partial charge in [0, 0.05) is 19.3 Å². The molecule has 0 aromatic heterocycles. The fraction of sp³-hybridized carbons (Fsp3) is 0.623. The highest BCUT2D eigenvalue weighted by Gasteiger charge is 2.19. The molecule has 0 saturated heterocycles. The van der Waals surface area contributed by atoms with Crippen LogP contribution in [0.3, 0.4) is 0 Å². The molecule has 0 bridgehead atoms. The van der Waals surface area contributed by atoms with Crippen molar-refractivity contribution in [3.63, 3.8) is 0 Å². The van der Waals surface area contributed by atoms with Gasteiger partial charge in [-0.2, -0.15) is 0 Å². The Balaban J connectivity index is 4.48. The van der Waals surface area contributed by atoms with E-state index in [4.69, 9.17) is 14.2 Å². The lowest BCUT2D eigenvalue weighted by Crippen LogP contribution is -2.30. The number of hydrogen-bond acceptors (Lipinski definition) is 6. The summed E-state index contributed by atoms with van der Waals surface area (Å²) in [6.07, 6.45) is 101. The van der Waals surface area contributed by atoms with Crippen molar-refractivity contribution in [1.82, 2.24) is 0 Å². The molecule has 0 aliphatic rings. The lowest BCUT2D eigenvalue weighted by atomic mass is 10.1. The molecule has 0 fully saturated rings.